The van der Waals surface area contributed by atoms with Crippen molar-refractivity contribution in [3.05, 3.63) is 84.8 Å². The molecule has 0 saturated carbocycles. The van der Waals surface area contributed by atoms with Crippen LogP contribution in [0, 0.1) is 6.07 Å². The smallest absolute Gasteiger partial charge is 0.136 e. The van der Waals surface area contributed by atoms with E-state index < -0.39 is 6.10 Å². The molecule has 5 nitrogen and oxygen atoms in total. The first-order chi connectivity index (χ1) is 12.3. The van der Waals surface area contributed by atoms with Gasteiger partial charge in [-0.25, -0.2) is 4.98 Å². The standard InChI is InChI=1S/C20H20N3O2/c24-18(16-25-19-6-2-1-3-7-19)15-23(20-8-4-5-11-22-20)14-17-9-12-21-13-10-17/h1-7,9-13,18,24H,14-16H2. The summed E-state index contributed by atoms with van der Waals surface area (Å²) >= 11 is 0. The van der Waals surface area contributed by atoms with Crippen molar-refractivity contribution in [2.24, 2.45) is 0 Å². The van der Waals surface area contributed by atoms with E-state index in [4.69, 9.17) is 4.74 Å². The highest BCUT2D eigenvalue weighted by atomic mass is 16.5. The molecular weight excluding hydrogens is 314 g/mol. The van der Waals surface area contributed by atoms with Crippen molar-refractivity contribution in [2.75, 3.05) is 18.1 Å². The number of hydrogen-bond acceptors (Lipinski definition) is 5. The summed E-state index contributed by atoms with van der Waals surface area (Å²) in [4.78, 5) is 10.4. The number of nitrogens with zero attached hydrogens (tertiary/aromatic N) is 3. The van der Waals surface area contributed by atoms with Crippen LogP contribution in [-0.2, 0) is 6.54 Å². The lowest BCUT2D eigenvalue weighted by molar-refractivity contribution is 0.112. The largest absolute Gasteiger partial charge is 0.491 e. The molecule has 3 aromatic rings. The van der Waals surface area contributed by atoms with Crippen molar-refractivity contribution < 1.29 is 9.84 Å². The van der Waals surface area contributed by atoms with E-state index in [1.165, 1.54) is 0 Å². The monoisotopic (exact) mass is 334 g/mol. The zero-order chi connectivity index (χ0) is 17.3. The molecule has 0 aliphatic carbocycles. The van der Waals surface area contributed by atoms with Crippen LogP contribution in [0.15, 0.2) is 73.2 Å². The van der Waals surface area contributed by atoms with Gasteiger partial charge in [0, 0.05) is 37.7 Å². The lowest BCUT2D eigenvalue weighted by Crippen LogP contribution is -2.36. The Kier molecular flexibility index (Phi) is 5.96. The van der Waals surface area contributed by atoms with Gasteiger partial charge >= 0.3 is 0 Å². The molecule has 1 unspecified atom stereocenters. The molecule has 5 heteroatoms. The third kappa shape index (κ3) is 5.29. The SMILES string of the molecule is OC(COc1ccccc1)CN(Cc1ccncc1)c1[c]cccn1. The third-order valence-electron chi connectivity index (χ3n) is 3.63. The molecule has 0 aliphatic rings. The molecule has 1 radical (unpaired) electrons. The van der Waals surface area contributed by atoms with Gasteiger partial charge in [-0.3, -0.25) is 4.98 Å². The molecule has 2 aromatic heterocycles. The highest BCUT2D eigenvalue weighted by Crippen LogP contribution is 2.15. The minimum atomic E-state index is -0.655. The Balaban J connectivity index is 1.64. The summed E-state index contributed by atoms with van der Waals surface area (Å²) < 4.78 is 5.64. The number of rotatable bonds is 8. The third-order valence-corrected chi connectivity index (χ3v) is 3.63. The maximum atomic E-state index is 10.4. The lowest BCUT2D eigenvalue weighted by atomic mass is 10.2. The maximum Gasteiger partial charge on any atom is 0.136 e. The number of para-hydroxylation sites is 1. The molecule has 0 spiro atoms. The van der Waals surface area contributed by atoms with Crippen LogP contribution in [-0.4, -0.2) is 34.3 Å². The van der Waals surface area contributed by atoms with Gasteiger partial charge in [0.15, 0.2) is 0 Å². The molecule has 0 bridgehead atoms. The second-order valence-corrected chi connectivity index (χ2v) is 5.62. The second-order valence-electron chi connectivity index (χ2n) is 5.62. The van der Waals surface area contributed by atoms with Crippen LogP contribution in [0.3, 0.4) is 0 Å². The number of ether oxygens (including phenoxy) is 1. The molecule has 0 fully saturated rings. The Hall–Kier alpha value is -2.92. The van der Waals surface area contributed by atoms with Gasteiger partial charge < -0.3 is 14.7 Å². The molecule has 127 valence electrons. The summed E-state index contributed by atoms with van der Waals surface area (Å²) in [6.07, 6.45) is 4.57. The topological polar surface area (TPSA) is 58.5 Å². The summed E-state index contributed by atoms with van der Waals surface area (Å²) in [6, 6.07) is 20.1. The van der Waals surface area contributed by atoms with E-state index in [1.54, 1.807) is 18.6 Å². The highest BCUT2D eigenvalue weighted by Gasteiger charge is 2.15. The minimum absolute atomic E-state index is 0.212. The van der Waals surface area contributed by atoms with Crippen molar-refractivity contribution in [1.82, 2.24) is 9.97 Å². The van der Waals surface area contributed by atoms with Gasteiger partial charge in [-0.05, 0) is 42.0 Å². The summed E-state index contributed by atoms with van der Waals surface area (Å²) in [5.74, 6) is 1.43. The molecular formula is C20H20N3O2. The fraction of sp³-hybridized carbons (Fsp3) is 0.200. The quantitative estimate of drug-likeness (QED) is 0.686. The molecule has 1 N–H and O–H groups in total. The number of aliphatic hydroxyl groups is 1. The summed E-state index contributed by atoms with van der Waals surface area (Å²) in [6.45, 7) is 1.21. The van der Waals surface area contributed by atoms with Crippen molar-refractivity contribution >= 4 is 5.82 Å². The molecule has 1 atom stereocenters. The van der Waals surface area contributed by atoms with Crippen LogP contribution in [0.1, 0.15) is 5.56 Å². The Bertz CT molecular complexity index is 739. The van der Waals surface area contributed by atoms with Gasteiger partial charge in [0.25, 0.3) is 0 Å². The number of hydrogen-bond donors (Lipinski definition) is 1. The van der Waals surface area contributed by atoms with E-state index in [-0.39, 0.29) is 6.61 Å². The van der Waals surface area contributed by atoms with Gasteiger partial charge in [0.2, 0.25) is 0 Å². The van der Waals surface area contributed by atoms with Crippen LogP contribution in [0.2, 0.25) is 0 Å². The number of anilines is 1. The Labute approximate surface area is 147 Å². The van der Waals surface area contributed by atoms with Gasteiger partial charge in [-0.2, -0.15) is 0 Å². The lowest BCUT2D eigenvalue weighted by Gasteiger charge is -2.26. The second kappa shape index (κ2) is 8.80. The van der Waals surface area contributed by atoms with E-state index in [1.807, 2.05) is 59.5 Å². The number of aliphatic hydroxyl groups excluding tert-OH is 1. The fourth-order valence-corrected chi connectivity index (χ4v) is 2.44. The van der Waals surface area contributed by atoms with E-state index in [9.17, 15) is 5.11 Å². The van der Waals surface area contributed by atoms with Crippen molar-refractivity contribution in [3.63, 3.8) is 0 Å². The summed E-state index contributed by atoms with van der Waals surface area (Å²) in [5.41, 5.74) is 1.09. The number of pyridine rings is 2. The van der Waals surface area contributed by atoms with Crippen LogP contribution >= 0.6 is 0 Å². The molecule has 0 aliphatic heterocycles. The number of benzene rings is 1. The van der Waals surface area contributed by atoms with E-state index in [2.05, 4.69) is 16.0 Å². The molecule has 25 heavy (non-hydrogen) atoms. The van der Waals surface area contributed by atoms with E-state index >= 15 is 0 Å². The zero-order valence-corrected chi connectivity index (χ0v) is 13.8. The summed E-state index contributed by atoms with van der Waals surface area (Å²) in [5, 5.41) is 10.4. The van der Waals surface area contributed by atoms with Crippen molar-refractivity contribution in [1.29, 1.82) is 0 Å². The Morgan fingerprint density at radius 2 is 1.84 bits per heavy atom. The average Bonchev–Trinajstić information content (AvgIpc) is 2.68. The molecule has 0 saturated heterocycles. The Morgan fingerprint density at radius 3 is 2.56 bits per heavy atom. The van der Waals surface area contributed by atoms with Gasteiger partial charge in [0.1, 0.15) is 24.3 Å². The van der Waals surface area contributed by atoms with Gasteiger partial charge in [-0.15, -0.1) is 0 Å². The molecule has 1 aromatic carbocycles. The molecule has 3 rings (SSSR count). The van der Waals surface area contributed by atoms with Gasteiger partial charge in [0.05, 0.1) is 0 Å². The normalized spacial score (nSPS) is 11.7. The van der Waals surface area contributed by atoms with Crippen LogP contribution in [0.25, 0.3) is 0 Å². The minimum Gasteiger partial charge on any atom is -0.491 e. The van der Waals surface area contributed by atoms with Crippen LogP contribution in [0.4, 0.5) is 5.82 Å². The summed E-state index contributed by atoms with van der Waals surface area (Å²) in [7, 11) is 0. The van der Waals surface area contributed by atoms with Crippen LogP contribution in [0.5, 0.6) is 5.75 Å². The Morgan fingerprint density at radius 1 is 1.04 bits per heavy atom. The predicted molar refractivity (Wildman–Crippen MR) is 96.3 cm³/mol. The van der Waals surface area contributed by atoms with Crippen LogP contribution < -0.4 is 9.64 Å². The first-order valence-corrected chi connectivity index (χ1v) is 8.14. The number of aromatic nitrogens is 2. The first-order valence-electron chi connectivity index (χ1n) is 8.14. The highest BCUT2D eigenvalue weighted by molar-refractivity contribution is 5.38. The predicted octanol–water partition coefficient (Wildman–Crippen LogP) is 2.72. The molecule has 0 amide bonds. The van der Waals surface area contributed by atoms with Crippen molar-refractivity contribution in [3.8, 4) is 5.75 Å². The first kappa shape index (κ1) is 16.9. The van der Waals surface area contributed by atoms with Crippen molar-refractivity contribution in [2.45, 2.75) is 12.6 Å². The maximum absolute atomic E-state index is 10.4. The fourth-order valence-electron chi connectivity index (χ4n) is 2.44. The van der Waals surface area contributed by atoms with E-state index in [0.717, 1.165) is 11.3 Å². The van der Waals surface area contributed by atoms with E-state index in [0.29, 0.717) is 18.9 Å². The van der Waals surface area contributed by atoms with Gasteiger partial charge in [-0.1, -0.05) is 18.2 Å². The average molecular weight is 334 g/mol. The molecule has 2 heterocycles. The zero-order valence-electron chi connectivity index (χ0n) is 13.8.